The Hall–Kier alpha value is -1.36. The van der Waals surface area contributed by atoms with Crippen molar-refractivity contribution >= 4 is 33.4 Å². The fourth-order valence-corrected chi connectivity index (χ4v) is 4.77. The van der Waals surface area contributed by atoms with E-state index >= 15 is 0 Å². The molecule has 2 bridgehead atoms. The van der Waals surface area contributed by atoms with Gasteiger partial charge in [0, 0.05) is 22.6 Å². The number of piperidine rings is 1. The predicted octanol–water partition coefficient (Wildman–Crippen LogP) is 4.87. The van der Waals surface area contributed by atoms with E-state index in [9.17, 15) is 4.79 Å². The lowest BCUT2D eigenvalue weighted by Gasteiger charge is -2.36. The molecule has 3 aliphatic rings. The normalized spacial score (nSPS) is 28.1. The van der Waals surface area contributed by atoms with E-state index in [0.29, 0.717) is 12.0 Å². The molecule has 3 atom stereocenters. The van der Waals surface area contributed by atoms with Crippen molar-refractivity contribution in [1.29, 1.82) is 0 Å². The van der Waals surface area contributed by atoms with E-state index in [4.69, 9.17) is 9.73 Å². The number of carbonyl (C=O) groups is 1. The monoisotopic (exact) mass is 390 g/mol. The zero-order valence-corrected chi connectivity index (χ0v) is 16.0. The number of amides is 1. The van der Waals surface area contributed by atoms with Crippen molar-refractivity contribution in [2.45, 2.75) is 64.1 Å². The minimum absolute atomic E-state index is 0.102. The molecule has 5 heteroatoms. The zero-order chi connectivity index (χ0) is 17.1. The van der Waals surface area contributed by atoms with Crippen LogP contribution >= 0.6 is 15.9 Å². The van der Waals surface area contributed by atoms with Crippen LogP contribution in [0.1, 0.15) is 45.6 Å². The smallest absolute Gasteiger partial charge is 0.411 e. The molecule has 0 radical (unpaired) electrons. The molecule has 4 rings (SSSR count). The summed E-state index contributed by atoms with van der Waals surface area (Å²) in [6.07, 6.45) is 4.02. The third kappa shape index (κ3) is 2.77. The van der Waals surface area contributed by atoms with Crippen molar-refractivity contribution in [2.75, 3.05) is 0 Å². The molecule has 128 valence electrons. The number of fused-ring (bicyclic) bond motifs is 3. The highest BCUT2D eigenvalue weighted by atomic mass is 79.9. The quantitative estimate of drug-likeness (QED) is 0.686. The Morgan fingerprint density at radius 2 is 2.12 bits per heavy atom. The molecule has 1 saturated carbocycles. The van der Waals surface area contributed by atoms with E-state index in [0.717, 1.165) is 35.1 Å². The Morgan fingerprint density at radius 1 is 1.33 bits per heavy atom. The van der Waals surface area contributed by atoms with Gasteiger partial charge in [-0.2, -0.15) is 0 Å². The molecule has 0 spiro atoms. The highest BCUT2D eigenvalue weighted by Gasteiger charge is 2.51. The summed E-state index contributed by atoms with van der Waals surface area (Å²) in [4.78, 5) is 19.6. The van der Waals surface area contributed by atoms with E-state index in [1.54, 1.807) is 0 Å². The summed E-state index contributed by atoms with van der Waals surface area (Å²) in [5.41, 5.74) is 2.95. The number of carbonyl (C=O) groups excluding carboxylic acids is 1. The third-order valence-corrected chi connectivity index (χ3v) is 5.70. The number of ether oxygens (including phenoxy) is 1. The molecular formula is C19H23BrN2O2. The molecule has 2 heterocycles. The van der Waals surface area contributed by atoms with Gasteiger partial charge in [-0.15, -0.1) is 0 Å². The largest absolute Gasteiger partial charge is 0.444 e. The minimum Gasteiger partial charge on any atom is -0.444 e. The fraction of sp³-hybridized carbons (Fsp3) is 0.579. The number of aliphatic imine (C=N–C) groups is 1. The summed E-state index contributed by atoms with van der Waals surface area (Å²) >= 11 is 3.53. The molecule has 1 saturated heterocycles. The summed E-state index contributed by atoms with van der Waals surface area (Å²) in [7, 11) is 0. The van der Waals surface area contributed by atoms with Gasteiger partial charge >= 0.3 is 6.09 Å². The van der Waals surface area contributed by atoms with Crippen LogP contribution < -0.4 is 0 Å². The summed E-state index contributed by atoms with van der Waals surface area (Å²) in [6.45, 7) is 5.78. The lowest BCUT2D eigenvalue weighted by molar-refractivity contribution is 0.0142. The predicted molar refractivity (Wildman–Crippen MR) is 97.9 cm³/mol. The summed E-state index contributed by atoms with van der Waals surface area (Å²) in [5, 5.41) is 0. The van der Waals surface area contributed by atoms with Crippen LogP contribution in [0.5, 0.6) is 0 Å². The average molecular weight is 391 g/mol. The number of nitrogens with zero attached hydrogens (tertiary/aromatic N) is 2. The maximum absolute atomic E-state index is 12.8. The van der Waals surface area contributed by atoms with Crippen LogP contribution in [0, 0.1) is 5.92 Å². The van der Waals surface area contributed by atoms with E-state index in [1.165, 1.54) is 12.0 Å². The fourth-order valence-electron chi connectivity index (χ4n) is 4.36. The molecule has 24 heavy (non-hydrogen) atoms. The minimum atomic E-state index is -0.464. The first-order chi connectivity index (χ1) is 11.3. The first-order valence-corrected chi connectivity index (χ1v) is 9.48. The summed E-state index contributed by atoms with van der Waals surface area (Å²) in [6, 6.07) is 6.63. The first kappa shape index (κ1) is 16.1. The number of hydrogen-bond acceptors (Lipinski definition) is 3. The second-order valence-electron chi connectivity index (χ2n) is 8.11. The van der Waals surface area contributed by atoms with Gasteiger partial charge in [0.25, 0.3) is 0 Å². The van der Waals surface area contributed by atoms with Crippen LogP contribution in [-0.2, 0) is 11.2 Å². The molecule has 0 N–H and O–H groups in total. The van der Waals surface area contributed by atoms with Gasteiger partial charge in [0.1, 0.15) is 5.60 Å². The second-order valence-corrected chi connectivity index (χ2v) is 9.03. The van der Waals surface area contributed by atoms with Crippen molar-refractivity contribution in [1.82, 2.24) is 4.90 Å². The second kappa shape index (κ2) is 5.58. The summed E-state index contributed by atoms with van der Waals surface area (Å²) < 4.78 is 6.76. The van der Waals surface area contributed by atoms with Crippen LogP contribution in [0.25, 0.3) is 0 Å². The van der Waals surface area contributed by atoms with Crippen LogP contribution in [0.15, 0.2) is 27.7 Å². The zero-order valence-electron chi connectivity index (χ0n) is 14.4. The topological polar surface area (TPSA) is 41.9 Å². The maximum atomic E-state index is 12.8. The molecule has 2 fully saturated rings. The number of likely N-dealkylation sites (tertiary alicyclic amines) is 1. The van der Waals surface area contributed by atoms with Gasteiger partial charge in [-0.25, -0.2) is 4.79 Å². The van der Waals surface area contributed by atoms with Gasteiger partial charge in [0.05, 0.1) is 11.7 Å². The van der Waals surface area contributed by atoms with Gasteiger partial charge in [-0.3, -0.25) is 9.89 Å². The Labute approximate surface area is 151 Å². The highest BCUT2D eigenvalue weighted by molar-refractivity contribution is 9.10. The number of benzene rings is 1. The van der Waals surface area contributed by atoms with Gasteiger partial charge in [0.2, 0.25) is 0 Å². The van der Waals surface area contributed by atoms with E-state index in [-0.39, 0.29) is 12.1 Å². The Kier molecular flexibility index (Phi) is 3.75. The average Bonchev–Trinajstić information content (AvgIpc) is 3.17. The SMILES string of the molecule is CC(C)(C)OC(=O)N1[C@@H]2CC[C@@H](C2)[C@H]1C1=Nc2ccc(Br)cc2C1. The molecule has 1 amide bonds. The Morgan fingerprint density at radius 3 is 2.88 bits per heavy atom. The van der Waals surface area contributed by atoms with Crippen molar-refractivity contribution in [3.05, 3.63) is 28.2 Å². The van der Waals surface area contributed by atoms with Gasteiger partial charge in [-0.05, 0) is 69.7 Å². The molecule has 1 aliphatic carbocycles. The lowest BCUT2D eigenvalue weighted by Crippen LogP contribution is -2.50. The van der Waals surface area contributed by atoms with Gasteiger partial charge < -0.3 is 4.74 Å². The van der Waals surface area contributed by atoms with Gasteiger partial charge in [-0.1, -0.05) is 15.9 Å². The highest BCUT2D eigenvalue weighted by Crippen LogP contribution is 2.45. The van der Waals surface area contributed by atoms with Crippen LogP contribution in [0.4, 0.5) is 10.5 Å². The van der Waals surface area contributed by atoms with Crippen LogP contribution in [0.2, 0.25) is 0 Å². The molecule has 0 aromatic heterocycles. The van der Waals surface area contributed by atoms with E-state index in [1.807, 2.05) is 31.7 Å². The Balaban J connectivity index is 1.61. The van der Waals surface area contributed by atoms with Crippen LogP contribution in [0.3, 0.4) is 0 Å². The summed E-state index contributed by atoms with van der Waals surface area (Å²) in [5.74, 6) is 0.527. The van der Waals surface area contributed by atoms with Crippen molar-refractivity contribution in [3.63, 3.8) is 0 Å². The van der Waals surface area contributed by atoms with Gasteiger partial charge in [0.15, 0.2) is 0 Å². The lowest BCUT2D eigenvalue weighted by atomic mass is 9.92. The van der Waals surface area contributed by atoms with Crippen molar-refractivity contribution < 1.29 is 9.53 Å². The molecule has 4 nitrogen and oxygen atoms in total. The Bertz CT molecular complexity index is 723. The molecule has 1 aromatic carbocycles. The number of rotatable bonds is 1. The van der Waals surface area contributed by atoms with Crippen molar-refractivity contribution in [2.24, 2.45) is 10.9 Å². The first-order valence-electron chi connectivity index (χ1n) is 8.69. The molecule has 0 unspecified atom stereocenters. The van der Waals surface area contributed by atoms with E-state index in [2.05, 4.69) is 28.1 Å². The standard InChI is InChI=1S/C19H23BrN2O2/c1-19(2,3)24-18(23)22-14-6-4-11(9-14)17(22)16-10-12-8-13(20)5-7-15(12)21-16/h5,7-8,11,14,17H,4,6,9-10H2,1-3H3/t11-,14+,17-/m0/s1. The van der Waals surface area contributed by atoms with E-state index < -0.39 is 5.60 Å². The molecule has 1 aromatic rings. The number of hydrogen-bond donors (Lipinski definition) is 0. The van der Waals surface area contributed by atoms with Crippen molar-refractivity contribution in [3.8, 4) is 0 Å². The molecular weight excluding hydrogens is 368 g/mol. The maximum Gasteiger partial charge on any atom is 0.411 e. The number of halogens is 1. The van der Waals surface area contributed by atoms with Crippen LogP contribution in [-0.4, -0.2) is 34.4 Å². The molecule has 2 aliphatic heterocycles. The third-order valence-electron chi connectivity index (χ3n) is 5.21.